The second kappa shape index (κ2) is 10.2. The third kappa shape index (κ3) is 5.17. The van der Waals surface area contributed by atoms with Gasteiger partial charge in [-0.05, 0) is 42.5 Å². The number of nitrogens with one attached hydrogen (secondary N) is 3. The van der Waals surface area contributed by atoms with E-state index < -0.39 is 6.29 Å². The molecule has 1 fully saturated rings. The van der Waals surface area contributed by atoms with Gasteiger partial charge in [-0.3, -0.25) is 10.1 Å². The monoisotopic (exact) mass is 491 g/mol. The highest BCUT2D eigenvalue weighted by Gasteiger charge is 2.27. The number of fused-ring (bicyclic) bond motifs is 1. The first-order valence-electron chi connectivity index (χ1n) is 11.3. The highest BCUT2D eigenvalue weighted by atomic mass is 32.2. The van der Waals surface area contributed by atoms with E-state index in [9.17, 15) is 4.79 Å². The predicted molar refractivity (Wildman–Crippen MR) is 132 cm³/mol. The molecule has 35 heavy (non-hydrogen) atoms. The van der Waals surface area contributed by atoms with Crippen molar-refractivity contribution in [1.29, 1.82) is 0 Å². The molecular weight excluding hydrogens is 466 g/mol. The summed E-state index contributed by atoms with van der Waals surface area (Å²) in [5.41, 5.74) is 2.43. The van der Waals surface area contributed by atoms with Crippen molar-refractivity contribution in [1.82, 2.24) is 40.8 Å². The van der Waals surface area contributed by atoms with Crippen LogP contribution in [0.4, 0.5) is 5.95 Å². The summed E-state index contributed by atoms with van der Waals surface area (Å²) < 4.78 is 7.42. The molecule has 2 aromatic heterocycles. The van der Waals surface area contributed by atoms with Gasteiger partial charge in [-0.25, -0.2) is 9.97 Å². The van der Waals surface area contributed by atoms with Crippen LogP contribution >= 0.6 is 11.8 Å². The Morgan fingerprint density at radius 3 is 2.86 bits per heavy atom. The summed E-state index contributed by atoms with van der Waals surface area (Å²) >= 11 is 1.49. The highest BCUT2D eigenvalue weighted by molar-refractivity contribution is 7.99. The van der Waals surface area contributed by atoms with Gasteiger partial charge in [0.15, 0.2) is 6.29 Å². The van der Waals surface area contributed by atoms with E-state index in [-0.39, 0.29) is 11.9 Å². The van der Waals surface area contributed by atoms with Crippen molar-refractivity contribution in [2.45, 2.75) is 37.8 Å². The maximum absolute atomic E-state index is 12.4. The quantitative estimate of drug-likeness (QED) is 0.315. The maximum atomic E-state index is 12.4. The molecule has 3 N–H and O–H groups in total. The van der Waals surface area contributed by atoms with Crippen LogP contribution in [0.3, 0.4) is 0 Å². The smallest absolute Gasteiger partial charge is 0.226 e. The molecule has 1 amide bonds. The Kier molecular flexibility index (Phi) is 6.73. The molecule has 0 radical (unpaired) electrons. The van der Waals surface area contributed by atoms with E-state index >= 15 is 0 Å². The molecule has 2 atom stereocenters. The standard InChI is InChI=1S/C23H25N9O2S/c1-3-34-18-11-7-10-17-14(2)24-21(27-20(17)18)28-22-25-15(12-19(33)26-22)13-35-23-29-30-31-32(23)16-8-5-4-6-9-16/h4-11,15,22,25H,3,12-13H2,1-2H3,(H,26,33)(H,24,27,28). The molecule has 2 unspecified atom stereocenters. The van der Waals surface area contributed by atoms with Gasteiger partial charge in [-0.1, -0.05) is 42.1 Å². The molecule has 1 saturated heterocycles. The fourth-order valence-electron chi connectivity index (χ4n) is 3.89. The van der Waals surface area contributed by atoms with Crippen LogP contribution in [-0.2, 0) is 4.79 Å². The summed E-state index contributed by atoms with van der Waals surface area (Å²) in [5, 5.41) is 23.1. The van der Waals surface area contributed by atoms with Crippen LogP contribution in [0.5, 0.6) is 5.75 Å². The molecule has 12 heteroatoms. The van der Waals surface area contributed by atoms with Gasteiger partial charge in [0.2, 0.25) is 17.0 Å². The zero-order valence-electron chi connectivity index (χ0n) is 19.3. The number of nitrogens with zero attached hydrogens (tertiary/aromatic N) is 6. The van der Waals surface area contributed by atoms with E-state index in [1.54, 1.807) is 4.68 Å². The van der Waals surface area contributed by atoms with E-state index in [4.69, 9.17) is 4.74 Å². The normalized spacial score (nSPS) is 17.8. The number of tetrazole rings is 1. The summed E-state index contributed by atoms with van der Waals surface area (Å²) in [7, 11) is 0. The lowest BCUT2D eigenvalue weighted by Gasteiger charge is -2.31. The first-order chi connectivity index (χ1) is 17.1. The molecule has 0 bridgehead atoms. The fourth-order valence-corrected chi connectivity index (χ4v) is 4.81. The minimum atomic E-state index is -0.525. The summed E-state index contributed by atoms with van der Waals surface area (Å²) in [6.07, 6.45) is -0.187. The minimum absolute atomic E-state index is 0.0676. The van der Waals surface area contributed by atoms with Gasteiger partial charge >= 0.3 is 0 Å². The van der Waals surface area contributed by atoms with Crippen molar-refractivity contribution >= 4 is 34.5 Å². The number of anilines is 1. The van der Waals surface area contributed by atoms with Crippen LogP contribution in [0.15, 0.2) is 53.7 Å². The van der Waals surface area contributed by atoms with Crippen molar-refractivity contribution in [3.05, 3.63) is 54.2 Å². The van der Waals surface area contributed by atoms with Gasteiger partial charge in [0.05, 0.1) is 18.0 Å². The SMILES string of the molecule is CCOc1cccc2c(C)nc(NC3NC(=O)CC(CSc4nnnn4-c4ccccc4)N3)nc12. The van der Waals surface area contributed by atoms with Crippen molar-refractivity contribution in [2.24, 2.45) is 0 Å². The molecule has 0 aliphatic carbocycles. The summed E-state index contributed by atoms with van der Waals surface area (Å²) in [4.78, 5) is 21.7. The second-order valence-electron chi connectivity index (χ2n) is 7.95. The van der Waals surface area contributed by atoms with Crippen molar-refractivity contribution in [2.75, 3.05) is 17.7 Å². The van der Waals surface area contributed by atoms with Crippen LogP contribution in [0.1, 0.15) is 19.0 Å². The zero-order chi connectivity index (χ0) is 24.2. The van der Waals surface area contributed by atoms with Gasteiger partial charge in [-0.15, -0.1) is 5.10 Å². The minimum Gasteiger partial charge on any atom is -0.492 e. The number of aromatic nitrogens is 6. The lowest BCUT2D eigenvalue weighted by atomic mass is 10.2. The lowest BCUT2D eigenvalue weighted by Crippen LogP contribution is -2.60. The Balaban J connectivity index is 1.28. The van der Waals surface area contributed by atoms with E-state index in [1.165, 1.54) is 11.8 Å². The fraction of sp³-hybridized carbons (Fsp3) is 0.304. The van der Waals surface area contributed by atoms with Gasteiger partial charge in [-0.2, -0.15) is 4.68 Å². The molecular formula is C23H25N9O2S. The lowest BCUT2D eigenvalue weighted by molar-refractivity contribution is -0.123. The number of hydrogen-bond donors (Lipinski definition) is 3. The zero-order valence-corrected chi connectivity index (χ0v) is 20.1. The number of rotatable bonds is 8. The predicted octanol–water partition coefficient (Wildman–Crippen LogP) is 2.28. The van der Waals surface area contributed by atoms with Crippen LogP contribution in [0.25, 0.3) is 16.6 Å². The first kappa shape index (κ1) is 23.0. The molecule has 0 spiro atoms. The van der Waals surface area contributed by atoms with Crippen LogP contribution in [-0.4, -0.2) is 60.8 Å². The molecule has 2 aromatic carbocycles. The number of ether oxygens (including phenoxy) is 1. The molecule has 11 nitrogen and oxygen atoms in total. The van der Waals surface area contributed by atoms with Crippen LogP contribution in [0.2, 0.25) is 0 Å². The van der Waals surface area contributed by atoms with Crippen LogP contribution in [0, 0.1) is 6.92 Å². The molecule has 1 aliphatic rings. The Bertz CT molecular complexity index is 1330. The Morgan fingerprint density at radius 2 is 2.03 bits per heavy atom. The number of para-hydroxylation sites is 2. The number of thioether (sulfide) groups is 1. The summed E-state index contributed by atoms with van der Waals surface area (Å²) in [5.74, 6) is 1.64. The van der Waals surface area contributed by atoms with Gasteiger partial charge < -0.3 is 15.4 Å². The molecule has 5 rings (SSSR count). The highest BCUT2D eigenvalue weighted by Crippen LogP contribution is 2.27. The molecule has 1 aliphatic heterocycles. The number of benzene rings is 2. The second-order valence-corrected chi connectivity index (χ2v) is 8.94. The van der Waals surface area contributed by atoms with E-state index in [0.29, 0.717) is 35.6 Å². The molecule has 4 aromatic rings. The topological polar surface area (TPSA) is 132 Å². The largest absolute Gasteiger partial charge is 0.492 e. The average molecular weight is 492 g/mol. The number of amides is 1. The van der Waals surface area contributed by atoms with Crippen LogP contribution < -0.4 is 20.7 Å². The van der Waals surface area contributed by atoms with E-state index in [0.717, 1.165) is 22.3 Å². The Labute approximate surface area is 206 Å². The summed E-state index contributed by atoms with van der Waals surface area (Å²) in [6.45, 7) is 4.40. The Morgan fingerprint density at radius 1 is 1.17 bits per heavy atom. The maximum Gasteiger partial charge on any atom is 0.226 e. The van der Waals surface area contributed by atoms with E-state index in [1.807, 2.05) is 62.4 Å². The van der Waals surface area contributed by atoms with Gasteiger partial charge in [0.25, 0.3) is 0 Å². The number of carbonyl (C=O) groups is 1. The van der Waals surface area contributed by atoms with E-state index in [2.05, 4.69) is 41.4 Å². The Hall–Kier alpha value is -3.77. The molecule has 3 heterocycles. The molecule has 180 valence electrons. The number of aryl methyl sites for hydroxylation is 1. The number of carbonyl (C=O) groups excluding carboxylic acids is 1. The van der Waals surface area contributed by atoms with Crippen molar-refractivity contribution < 1.29 is 9.53 Å². The molecule has 0 saturated carbocycles. The van der Waals surface area contributed by atoms with Crippen molar-refractivity contribution in [3.8, 4) is 11.4 Å². The average Bonchev–Trinajstić information content (AvgIpc) is 3.32. The van der Waals surface area contributed by atoms with Gasteiger partial charge in [0.1, 0.15) is 11.3 Å². The number of hydrogen-bond acceptors (Lipinski definition) is 10. The summed E-state index contributed by atoms with van der Waals surface area (Å²) in [6, 6.07) is 15.4. The van der Waals surface area contributed by atoms with Crippen molar-refractivity contribution in [3.63, 3.8) is 0 Å². The first-order valence-corrected chi connectivity index (χ1v) is 12.3. The third-order valence-corrected chi connectivity index (χ3v) is 6.53. The van der Waals surface area contributed by atoms with Gasteiger partial charge in [0, 0.05) is 23.6 Å². The third-order valence-electron chi connectivity index (χ3n) is 5.45.